The maximum absolute atomic E-state index is 11.9. The molecule has 156 valence electrons. The van der Waals surface area contributed by atoms with E-state index in [0.29, 0.717) is 32.9 Å². The molecule has 0 heterocycles. The van der Waals surface area contributed by atoms with Gasteiger partial charge in [0.2, 0.25) is 0 Å². The van der Waals surface area contributed by atoms with Crippen LogP contribution in [0.3, 0.4) is 0 Å². The molecule has 8 heteroatoms. The number of rotatable bonds is 8. The van der Waals surface area contributed by atoms with E-state index in [0.717, 1.165) is 12.0 Å². The average molecular weight is 437 g/mol. The summed E-state index contributed by atoms with van der Waals surface area (Å²) in [6.07, 6.45) is 0.805. The van der Waals surface area contributed by atoms with Crippen LogP contribution in [0.5, 0.6) is 11.5 Å². The smallest absolute Gasteiger partial charge is 0.339 e. The Hall–Kier alpha value is -2.51. The number of benzene rings is 2. The van der Waals surface area contributed by atoms with Crippen LogP contribution in [0, 0.1) is 0 Å². The summed E-state index contributed by atoms with van der Waals surface area (Å²) in [6.45, 7) is 4.09. The number of carbonyl (C=O) groups is 1. The van der Waals surface area contributed by atoms with Gasteiger partial charge < -0.3 is 24.8 Å². The van der Waals surface area contributed by atoms with Gasteiger partial charge in [0.1, 0.15) is 0 Å². The maximum Gasteiger partial charge on any atom is 0.339 e. The summed E-state index contributed by atoms with van der Waals surface area (Å²) in [5, 5.41) is 7.11. The molecule has 6 nitrogen and oxygen atoms in total. The molecule has 2 rings (SSSR count). The number of thiocarbonyl (C=S) groups is 1. The van der Waals surface area contributed by atoms with Crippen molar-refractivity contribution in [1.29, 1.82) is 0 Å². The molecule has 0 saturated heterocycles. The van der Waals surface area contributed by atoms with Gasteiger partial charge in [-0.1, -0.05) is 24.6 Å². The minimum absolute atomic E-state index is 0.0240. The van der Waals surface area contributed by atoms with E-state index in [4.69, 9.17) is 38.0 Å². The molecule has 0 fully saturated rings. The molecule has 29 heavy (non-hydrogen) atoms. The molecule has 0 saturated carbocycles. The van der Waals surface area contributed by atoms with E-state index < -0.39 is 5.97 Å². The number of hydrogen-bond donors (Lipinski definition) is 2. The summed E-state index contributed by atoms with van der Waals surface area (Å²) >= 11 is 11.6. The molecule has 0 amide bonds. The van der Waals surface area contributed by atoms with Crippen molar-refractivity contribution in [2.24, 2.45) is 0 Å². The highest BCUT2D eigenvalue weighted by molar-refractivity contribution is 7.80. The highest BCUT2D eigenvalue weighted by atomic mass is 35.5. The SMILES string of the molecule is CCOC(=O)c1ccc(NC(=S)N[C@@H](CC)c2ccc(OC)c(OC)c2)cc1Cl. The maximum atomic E-state index is 11.9. The first kappa shape index (κ1) is 22.8. The third-order valence-corrected chi connectivity index (χ3v) is 4.78. The van der Waals surface area contributed by atoms with Gasteiger partial charge in [0.15, 0.2) is 16.6 Å². The molecule has 2 aromatic rings. The number of anilines is 1. The highest BCUT2D eigenvalue weighted by Gasteiger charge is 2.15. The Kier molecular flexibility index (Phi) is 8.54. The second-order valence-electron chi connectivity index (χ2n) is 6.09. The van der Waals surface area contributed by atoms with Gasteiger partial charge in [-0.3, -0.25) is 0 Å². The van der Waals surface area contributed by atoms with Crippen molar-refractivity contribution in [1.82, 2.24) is 5.32 Å². The fourth-order valence-electron chi connectivity index (χ4n) is 2.78. The third-order valence-electron chi connectivity index (χ3n) is 4.25. The summed E-state index contributed by atoms with van der Waals surface area (Å²) < 4.78 is 15.6. The number of hydrogen-bond acceptors (Lipinski definition) is 5. The van der Waals surface area contributed by atoms with Crippen LogP contribution in [0.1, 0.15) is 42.2 Å². The van der Waals surface area contributed by atoms with Gasteiger partial charge in [0.05, 0.1) is 37.5 Å². The first-order chi connectivity index (χ1) is 13.9. The summed E-state index contributed by atoms with van der Waals surface area (Å²) in [5.41, 5.74) is 2.00. The Balaban J connectivity index is 2.09. The molecule has 1 atom stereocenters. The van der Waals surface area contributed by atoms with Crippen molar-refractivity contribution >= 4 is 40.6 Å². The molecule has 0 radical (unpaired) electrons. The van der Waals surface area contributed by atoms with E-state index in [1.165, 1.54) is 0 Å². The van der Waals surface area contributed by atoms with Crippen molar-refractivity contribution in [2.45, 2.75) is 26.3 Å². The molecule has 0 spiro atoms. The zero-order valence-corrected chi connectivity index (χ0v) is 18.4. The van der Waals surface area contributed by atoms with E-state index in [1.54, 1.807) is 39.3 Å². The fraction of sp³-hybridized carbons (Fsp3) is 0.333. The van der Waals surface area contributed by atoms with E-state index in [2.05, 4.69) is 17.6 Å². The van der Waals surface area contributed by atoms with Crippen molar-refractivity contribution in [2.75, 3.05) is 26.1 Å². The van der Waals surface area contributed by atoms with Gasteiger partial charge in [-0.25, -0.2) is 4.79 Å². The van der Waals surface area contributed by atoms with Gasteiger partial charge in [-0.2, -0.15) is 0 Å². The largest absolute Gasteiger partial charge is 0.493 e. The molecule has 0 bridgehead atoms. The zero-order valence-electron chi connectivity index (χ0n) is 16.9. The van der Waals surface area contributed by atoms with Crippen molar-refractivity contribution in [3.05, 3.63) is 52.5 Å². The Bertz CT molecular complexity index is 876. The van der Waals surface area contributed by atoms with Crippen LogP contribution in [-0.4, -0.2) is 31.9 Å². The fourth-order valence-corrected chi connectivity index (χ4v) is 3.30. The number of methoxy groups -OCH3 is 2. The van der Waals surface area contributed by atoms with Gasteiger partial charge in [-0.05, 0) is 61.5 Å². The summed E-state index contributed by atoms with van der Waals surface area (Å²) in [7, 11) is 3.20. The lowest BCUT2D eigenvalue weighted by Crippen LogP contribution is -2.32. The Morgan fingerprint density at radius 2 is 1.83 bits per heavy atom. The number of esters is 1. The van der Waals surface area contributed by atoms with E-state index >= 15 is 0 Å². The molecule has 2 aromatic carbocycles. The summed E-state index contributed by atoms with van der Waals surface area (Å²) in [5.74, 6) is 0.873. The zero-order chi connectivity index (χ0) is 21.4. The lowest BCUT2D eigenvalue weighted by atomic mass is 10.0. The number of nitrogens with one attached hydrogen (secondary N) is 2. The summed E-state index contributed by atoms with van der Waals surface area (Å²) in [6, 6.07) is 10.7. The molecule has 0 aliphatic rings. The van der Waals surface area contributed by atoms with Crippen LogP contribution in [0.4, 0.5) is 5.69 Å². The quantitative estimate of drug-likeness (QED) is 0.447. The first-order valence-corrected chi connectivity index (χ1v) is 9.98. The minimum Gasteiger partial charge on any atom is -0.493 e. The highest BCUT2D eigenvalue weighted by Crippen LogP contribution is 2.31. The van der Waals surface area contributed by atoms with Gasteiger partial charge in [0, 0.05) is 5.69 Å². The van der Waals surface area contributed by atoms with Gasteiger partial charge >= 0.3 is 5.97 Å². The second-order valence-corrected chi connectivity index (χ2v) is 6.90. The number of carbonyl (C=O) groups excluding carboxylic acids is 1. The minimum atomic E-state index is -0.454. The van der Waals surface area contributed by atoms with Crippen molar-refractivity contribution in [3.8, 4) is 11.5 Å². The van der Waals surface area contributed by atoms with Gasteiger partial charge in [-0.15, -0.1) is 0 Å². The normalized spacial score (nSPS) is 11.3. The van der Waals surface area contributed by atoms with E-state index in [-0.39, 0.29) is 12.6 Å². The summed E-state index contributed by atoms with van der Waals surface area (Å²) in [4.78, 5) is 11.9. The van der Waals surface area contributed by atoms with Crippen molar-refractivity contribution in [3.63, 3.8) is 0 Å². The Labute approximate surface area is 181 Å². The predicted molar refractivity (Wildman–Crippen MR) is 119 cm³/mol. The van der Waals surface area contributed by atoms with Crippen molar-refractivity contribution < 1.29 is 19.0 Å². The first-order valence-electron chi connectivity index (χ1n) is 9.19. The van der Waals surface area contributed by atoms with Crippen LogP contribution >= 0.6 is 23.8 Å². The third kappa shape index (κ3) is 5.98. The van der Waals surface area contributed by atoms with E-state index in [9.17, 15) is 4.79 Å². The molecule has 0 aromatic heterocycles. The monoisotopic (exact) mass is 436 g/mol. The molecular weight excluding hydrogens is 412 g/mol. The Morgan fingerprint density at radius 3 is 2.41 bits per heavy atom. The average Bonchev–Trinajstić information content (AvgIpc) is 2.71. The standard InChI is InChI=1S/C21H25ClN2O4S/c1-5-17(13-7-10-18(26-3)19(11-13)27-4)24-21(29)23-14-8-9-15(16(22)12-14)20(25)28-6-2/h7-12,17H,5-6H2,1-4H3,(H2,23,24,29)/t17-/m0/s1. The molecular formula is C21H25ClN2O4S. The second kappa shape index (κ2) is 10.9. The molecule has 2 N–H and O–H groups in total. The van der Waals surface area contributed by atoms with Crippen LogP contribution < -0.4 is 20.1 Å². The van der Waals surface area contributed by atoms with E-state index in [1.807, 2.05) is 18.2 Å². The predicted octanol–water partition coefficient (Wildman–Crippen LogP) is 4.97. The topological polar surface area (TPSA) is 68.8 Å². The molecule has 0 aliphatic carbocycles. The van der Waals surface area contributed by atoms with Crippen LogP contribution in [0.15, 0.2) is 36.4 Å². The number of ether oxygens (including phenoxy) is 3. The molecule has 0 aliphatic heterocycles. The van der Waals surface area contributed by atoms with Crippen LogP contribution in [0.25, 0.3) is 0 Å². The van der Waals surface area contributed by atoms with Gasteiger partial charge in [0.25, 0.3) is 0 Å². The lowest BCUT2D eigenvalue weighted by Gasteiger charge is -2.21. The Morgan fingerprint density at radius 1 is 1.10 bits per heavy atom. The molecule has 0 unspecified atom stereocenters. The van der Waals surface area contributed by atoms with Crippen LogP contribution in [0.2, 0.25) is 5.02 Å². The number of halogens is 1. The lowest BCUT2D eigenvalue weighted by molar-refractivity contribution is 0.0526. The van der Waals surface area contributed by atoms with Crippen LogP contribution in [-0.2, 0) is 4.74 Å².